The van der Waals surface area contributed by atoms with E-state index in [9.17, 15) is 9.59 Å². The van der Waals surface area contributed by atoms with Gasteiger partial charge in [0.2, 0.25) is 17.8 Å². The van der Waals surface area contributed by atoms with E-state index in [1.54, 1.807) is 0 Å². The lowest BCUT2D eigenvalue weighted by Crippen LogP contribution is -2.38. The summed E-state index contributed by atoms with van der Waals surface area (Å²) < 4.78 is 5.33. The number of carbonyl (C=O) groups is 2. The Kier molecular flexibility index (Phi) is 5.73. The van der Waals surface area contributed by atoms with Crippen LogP contribution in [0.15, 0.2) is 18.9 Å². The fourth-order valence-corrected chi connectivity index (χ4v) is 2.75. The molecule has 142 valence electrons. The summed E-state index contributed by atoms with van der Waals surface area (Å²) in [5, 5.41) is 3.30. The molecule has 0 aliphatic carbocycles. The van der Waals surface area contributed by atoms with Gasteiger partial charge in [-0.15, -0.1) is 0 Å². The van der Waals surface area contributed by atoms with Crippen LogP contribution in [-0.2, 0) is 9.53 Å². The molecule has 2 aromatic heterocycles. The number of hydrogen-bond acceptors (Lipinski definition) is 11. The molecule has 0 atom stereocenters. The molecule has 0 aromatic carbocycles. The van der Waals surface area contributed by atoms with E-state index in [1.807, 2.05) is 4.90 Å². The van der Waals surface area contributed by atoms with Crippen molar-refractivity contribution >= 4 is 46.1 Å². The Bertz CT molecular complexity index is 850. The number of amides is 2. The summed E-state index contributed by atoms with van der Waals surface area (Å²) in [7, 11) is 0. The number of rotatable bonds is 7. The van der Waals surface area contributed by atoms with Gasteiger partial charge in [-0.1, -0.05) is 17.9 Å². The summed E-state index contributed by atoms with van der Waals surface area (Å²) in [5.41, 5.74) is 10.2. The number of anilines is 4. The van der Waals surface area contributed by atoms with Crippen molar-refractivity contribution in [3.63, 3.8) is 0 Å². The predicted molar refractivity (Wildman–Crippen MR) is 98.7 cm³/mol. The Labute approximate surface area is 157 Å². The van der Waals surface area contributed by atoms with Gasteiger partial charge < -0.3 is 15.4 Å². The second-order valence-electron chi connectivity index (χ2n) is 5.22. The van der Waals surface area contributed by atoms with E-state index >= 15 is 0 Å². The maximum atomic E-state index is 11.4. The highest BCUT2D eigenvalue weighted by Crippen LogP contribution is 2.22. The lowest BCUT2D eigenvalue weighted by Gasteiger charge is -2.27. The van der Waals surface area contributed by atoms with E-state index in [0.29, 0.717) is 42.3 Å². The molecule has 0 radical (unpaired) electrons. The number of primary amides is 1. The van der Waals surface area contributed by atoms with Gasteiger partial charge in [-0.25, -0.2) is 4.98 Å². The van der Waals surface area contributed by atoms with Crippen LogP contribution in [-0.4, -0.2) is 58.1 Å². The second-order valence-corrected chi connectivity index (χ2v) is 6.25. The van der Waals surface area contributed by atoms with Crippen LogP contribution in [0, 0.1) is 0 Å². The first kappa shape index (κ1) is 18.5. The molecule has 0 spiro atoms. The molecule has 5 N–H and O–H groups in total. The third kappa shape index (κ3) is 4.86. The topological polar surface area (TPSA) is 160 Å². The number of thiazole rings is 1. The van der Waals surface area contributed by atoms with Crippen molar-refractivity contribution < 1.29 is 14.3 Å². The largest absolute Gasteiger partial charge is 0.378 e. The first-order valence-electron chi connectivity index (χ1n) is 7.85. The normalized spacial score (nSPS) is 13.7. The molecular formula is C14H17N9O3S. The highest BCUT2D eigenvalue weighted by Gasteiger charge is 2.17. The minimum absolute atomic E-state index is 0.121. The smallest absolute Gasteiger partial charge is 0.261 e. The Morgan fingerprint density at radius 2 is 2.00 bits per heavy atom. The van der Waals surface area contributed by atoms with Crippen molar-refractivity contribution in [3.05, 3.63) is 23.7 Å². The van der Waals surface area contributed by atoms with Crippen molar-refractivity contribution in [1.29, 1.82) is 0 Å². The predicted octanol–water partition coefficient (Wildman–Crippen LogP) is -0.364. The number of nitrogens with zero attached hydrogens (tertiary/aromatic N) is 5. The summed E-state index contributed by atoms with van der Waals surface area (Å²) in [6.07, 6.45) is 2.47. The zero-order chi connectivity index (χ0) is 19.2. The maximum Gasteiger partial charge on any atom is 0.261 e. The summed E-state index contributed by atoms with van der Waals surface area (Å²) in [6, 6.07) is 0. The Morgan fingerprint density at radius 3 is 2.67 bits per heavy atom. The molecule has 2 amide bonds. The number of hydrazine groups is 1. The fraction of sp³-hybridized carbons (Fsp3) is 0.286. The van der Waals surface area contributed by atoms with Gasteiger partial charge in [0.25, 0.3) is 11.8 Å². The van der Waals surface area contributed by atoms with E-state index in [1.165, 1.54) is 6.20 Å². The van der Waals surface area contributed by atoms with Crippen molar-refractivity contribution in [3.8, 4) is 0 Å². The third-order valence-corrected chi connectivity index (χ3v) is 4.30. The van der Waals surface area contributed by atoms with E-state index in [-0.39, 0.29) is 11.9 Å². The molecule has 0 unspecified atom stereocenters. The first-order valence-corrected chi connectivity index (χ1v) is 8.66. The van der Waals surface area contributed by atoms with Gasteiger partial charge in [0, 0.05) is 13.1 Å². The van der Waals surface area contributed by atoms with Crippen molar-refractivity contribution in [2.75, 3.05) is 41.9 Å². The van der Waals surface area contributed by atoms with Crippen LogP contribution in [0.4, 0.5) is 23.0 Å². The van der Waals surface area contributed by atoms with E-state index in [0.717, 1.165) is 17.4 Å². The molecule has 1 aliphatic heterocycles. The number of ether oxygens (including phenoxy) is 1. The van der Waals surface area contributed by atoms with Crippen LogP contribution in [0.5, 0.6) is 0 Å². The van der Waals surface area contributed by atoms with Crippen LogP contribution in [0.2, 0.25) is 0 Å². The summed E-state index contributed by atoms with van der Waals surface area (Å²) in [5.74, 6) is -0.301. The number of morpholine rings is 1. The van der Waals surface area contributed by atoms with E-state index in [4.69, 9.17) is 10.5 Å². The highest BCUT2D eigenvalue weighted by atomic mass is 32.1. The number of nitrogens with two attached hydrogens (primary N) is 1. The van der Waals surface area contributed by atoms with Gasteiger partial charge in [-0.05, 0) is 6.08 Å². The van der Waals surface area contributed by atoms with Crippen LogP contribution in [0.1, 0.15) is 9.67 Å². The third-order valence-electron chi connectivity index (χ3n) is 3.37. The standard InChI is InChI=1S/C14H17N9O3S/c1-2-9(24)21-22-12-17-11(20-14-16-7-8(27-14)10(15)25)18-13(19-12)23-3-5-26-6-4-23/h2,7H,1,3-6H2,(H2,15,25)(H,21,24)(H2,16,17,18,19,20,22). The average molecular weight is 391 g/mol. The van der Waals surface area contributed by atoms with Crippen molar-refractivity contribution in [2.24, 2.45) is 5.73 Å². The van der Waals surface area contributed by atoms with Crippen LogP contribution in [0.25, 0.3) is 0 Å². The number of hydrogen-bond donors (Lipinski definition) is 4. The molecule has 1 aliphatic rings. The first-order chi connectivity index (χ1) is 13.0. The van der Waals surface area contributed by atoms with Gasteiger partial charge in [-0.2, -0.15) is 15.0 Å². The molecule has 1 fully saturated rings. The van der Waals surface area contributed by atoms with Crippen molar-refractivity contribution in [1.82, 2.24) is 25.4 Å². The fourth-order valence-electron chi connectivity index (χ4n) is 2.09. The lowest BCUT2D eigenvalue weighted by atomic mass is 10.4. The highest BCUT2D eigenvalue weighted by molar-refractivity contribution is 7.17. The van der Waals surface area contributed by atoms with E-state index < -0.39 is 11.8 Å². The van der Waals surface area contributed by atoms with Crippen LogP contribution >= 0.6 is 11.3 Å². The lowest BCUT2D eigenvalue weighted by molar-refractivity contribution is -0.116. The number of carbonyl (C=O) groups excluding carboxylic acids is 2. The molecule has 13 heteroatoms. The molecule has 3 heterocycles. The minimum atomic E-state index is -0.570. The van der Waals surface area contributed by atoms with Crippen molar-refractivity contribution in [2.45, 2.75) is 0 Å². The second kappa shape index (κ2) is 8.37. The molecule has 1 saturated heterocycles. The quantitative estimate of drug-likeness (QED) is 0.362. The average Bonchev–Trinajstić information content (AvgIpc) is 3.15. The Balaban J connectivity index is 1.84. The van der Waals surface area contributed by atoms with Gasteiger partial charge in [0.1, 0.15) is 4.88 Å². The van der Waals surface area contributed by atoms with Gasteiger partial charge in [-0.3, -0.25) is 25.8 Å². The summed E-state index contributed by atoms with van der Waals surface area (Å²) in [4.78, 5) is 41.7. The Morgan fingerprint density at radius 1 is 1.26 bits per heavy atom. The molecule has 2 aromatic rings. The van der Waals surface area contributed by atoms with Crippen LogP contribution in [0.3, 0.4) is 0 Å². The monoisotopic (exact) mass is 391 g/mol. The maximum absolute atomic E-state index is 11.4. The van der Waals surface area contributed by atoms with Gasteiger partial charge in [0.15, 0.2) is 5.13 Å². The minimum Gasteiger partial charge on any atom is -0.378 e. The molecular weight excluding hydrogens is 374 g/mol. The SMILES string of the molecule is C=CC(=O)NNc1nc(Nc2ncc(C(N)=O)s2)nc(N2CCOCC2)n1. The number of aromatic nitrogens is 4. The van der Waals surface area contributed by atoms with Crippen LogP contribution < -0.4 is 26.8 Å². The molecule has 0 bridgehead atoms. The number of nitrogens with one attached hydrogen (secondary N) is 3. The van der Waals surface area contributed by atoms with E-state index in [2.05, 4.69) is 42.7 Å². The molecule has 27 heavy (non-hydrogen) atoms. The summed E-state index contributed by atoms with van der Waals surface area (Å²) >= 11 is 1.07. The zero-order valence-electron chi connectivity index (χ0n) is 14.1. The van der Waals surface area contributed by atoms with Gasteiger partial charge >= 0.3 is 0 Å². The molecule has 3 rings (SSSR count). The summed E-state index contributed by atoms with van der Waals surface area (Å²) in [6.45, 7) is 5.71. The molecule has 12 nitrogen and oxygen atoms in total. The molecule has 0 saturated carbocycles. The zero-order valence-corrected chi connectivity index (χ0v) is 15.0. The Hall–Kier alpha value is -3.32. The van der Waals surface area contributed by atoms with Gasteiger partial charge in [0.05, 0.1) is 19.4 Å².